The van der Waals surface area contributed by atoms with Crippen LogP contribution in [0.15, 0.2) is 6.07 Å². The number of amides is 1. The first-order chi connectivity index (χ1) is 13.7. The van der Waals surface area contributed by atoms with Gasteiger partial charge in [0, 0.05) is 24.8 Å². The lowest BCUT2D eigenvalue weighted by atomic mass is 9.90. The quantitative estimate of drug-likeness (QED) is 0.655. The van der Waals surface area contributed by atoms with E-state index in [1.54, 1.807) is 0 Å². The van der Waals surface area contributed by atoms with Crippen molar-refractivity contribution < 1.29 is 14.3 Å². The maximum Gasteiger partial charge on any atom is 0.410 e. The topological polar surface area (TPSA) is 64.5 Å². The first-order valence-corrected chi connectivity index (χ1v) is 11.2. The number of piperidine rings is 1. The van der Waals surface area contributed by atoms with Crippen LogP contribution in [0.5, 0.6) is 5.88 Å². The second kappa shape index (κ2) is 9.31. The number of hydrogen-bond donors (Lipinski definition) is 0. The Morgan fingerprint density at radius 3 is 2.62 bits per heavy atom. The predicted octanol–water partition coefficient (Wildman–Crippen LogP) is 4.79. The number of nitrogens with zero attached hydrogens (tertiary/aromatic N) is 3. The Bertz CT molecular complexity index is 693. The molecule has 1 aliphatic carbocycles. The van der Waals surface area contributed by atoms with Crippen molar-refractivity contribution in [1.82, 2.24) is 14.9 Å². The molecule has 2 aliphatic rings. The highest BCUT2D eigenvalue weighted by Gasteiger charge is 2.43. The Labute approximate surface area is 175 Å². The lowest BCUT2D eigenvalue weighted by Crippen LogP contribution is -2.42. The molecule has 2 heterocycles. The van der Waals surface area contributed by atoms with E-state index < -0.39 is 5.60 Å². The van der Waals surface area contributed by atoms with Crippen molar-refractivity contribution in [2.24, 2.45) is 17.8 Å². The number of likely N-dealkylation sites (tertiary alicyclic amines) is 1. The van der Waals surface area contributed by atoms with Crippen molar-refractivity contribution in [3.05, 3.63) is 17.6 Å². The van der Waals surface area contributed by atoms with Crippen molar-refractivity contribution in [3.8, 4) is 5.88 Å². The smallest absolute Gasteiger partial charge is 0.410 e. The van der Waals surface area contributed by atoms with Crippen LogP contribution in [0.25, 0.3) is 0 Å². The Hall–Kier alpha value is -1.85. The van der Waals surface area contributed by atoms with Gasteiger partial charge < -0.3 is 14.4 Å². The fraction of sp³-hybridized carbons (Fsp3) is 0.783. The SMILES string of the molecule is CCCc1cc(OCCC2C[C@@H]2C2CCN(C(=O)OC(C)(C)C)CC2)nc(C)n1. The minimum atomic E-state index is -0.422. The molecular weight excluding hydrogens is 366 g/mol. The second-order valence-electron chi connectivity index (χ2n) is 9.60. The summed E-state index contributed by atoms with van der Waals surface area (Å²) in [6, 6.07) is 1.98. The predicted molar refractivity (Wildman–Crippen MR) is 113 cm³/mol. The molecule has 1 amide bonds. The van der Waals surface area contributed by atoms with Crippen LogP contribution in [0.1, 0.15) is 71.3 Å². The van der Waals surface area contributed by atoms with E-state index in [0.29, 0.717) is 5.88 Å². The molecular formula is C23H37N3O3. The number of hydrogen-bond acceptors (Lipinski definition) is 5. The van der Waals surface area contributed by atoms with Crippen LogP contribution in [0.2, 0.25) is 0 Å². The van der Waals surface area contributed by atoms with E-state index in [9.17, 15) is 4.79 Å². The molecule has 29 heavy (non-hydrogen) atoms. The monoisotopic (exact) mass is 403 g/mol. The summed E-state index contributed by atoms with van der Waals surface area (Å²) in [5.41, 5.74) is 0.644. The largest absolute Gasteiger partial charge is 0.478 e. The summed E-state index contributed by atoms with van der Waals surface area (Å²) in [5, 5.41) is 0. The zero-order valence-corrected chi connectivity index (χ0v) is 18.7. The second-order valence-corrected chi connectivity index (χ2v) is 9.60. The third kappa shape index (κ3) is 6.58. The summed E-state index contributed by atoms with van der Waals surface area (Å²) < 4.78 is 11.4. The fourth-order valence-corrected chi connectivity index (χ4v) is 4.39. The maximum atomic E-state index is 12.2. The van der Waals surface area contributed by atoms with E-state index in [0.717, 1.165) is 81.1 Å². The summed E-state index contributed by atoms with van der Waals surface area (Å²) in [5.74, 6) is 3.78. The number of carbonyl (C=O) groups excluding carboxylic acids is 1. The van der Waals surface area contributed by atoms with Crippen LogP contribution in [-0.4, -0.2) is 46.3 Å². The minimum absolute atomic E-state index is 0.167. The lowest BCUT2D eigenvalue weighted by molar-refractivity contribution is 0.0174. The summed E-state index contributed by atoms with van der Waals surface area (Å²) >= 11 is 0. The maximum absolute atomic E-state index is 12.2. The Morgan fingerprint density at radius 2 is 1.97 bits per heavy atom. The van der Waals surface area contributed by atoms with Gasteiger partial charge in [-0.3, -0.25) is 0 Å². The van der Waals surface area contributed by atoms with E-state index in [1.807, 2.05) is 38.7 Å². The number of rotatable bonds is 7. The van der Waals surface area contributed by atoms with Gasteiger partial charge in [-0.1, -0.05) is 13.3 Å². The Kier molecular flexibility index (Phi) is 7.01. The molecule has 0 N–H and O–H groups in total. The highest BCUT2D eigenvalue weighted by Crippen LogP contribution is 2.49. The Balaban J connectivity index is 1.37. The molecule has 1 aromatic heterocycles. The molecule has 2 fully saturated rings. The zero-order valence-electron chi connectivity index (χ0n) is 18.7. The van der Waals surface area contributed by atoms with Gasteiger partial charge in [-0.05, 0) is 77.6 Å². The number of carbonyl (C=O) groups is 1. The first-order valence-electron chi connectivity index (χ1n) is 11.2. The van der Waals surface area contributed by atoms with Crippen LogP contribution >= 0.6 is 0 Å². The molecule has 6 nitrogen and oxygen atoms in total. The average molecular weight is 404 g/mol. The van der Waals surface area contributed by atoms with Gasteiger partial charge in [0.2, 0.25) is 5.88 Å². The molecule has 0 spiro atoms. The molecule has 1 saturated heterocycles. The van der Waals surface area contributed by atoms with Crippen LogP contribution < -0.4 is 4.74 Å². The van der Waals surface area contributed by atoms with Crippen molar-refractivity contribution in [1.29, 1.82) is 0 Å². The van der Waals surface area contributed by atoms with Gasteiger partial charge in [-0.15, -0.1) is 0 Å². The number of ether oxygens (including phenoxy) is 2. The number of aromatic nitrogens is 2. The van der Waals surface area contributed by atoms with Crippen LogP contribution in [0.4, 0.5) is 4.79 Å². The van der Waals surface area contributed by atoms with Gasteiger partial charge in [0.15, 0.2) is 0 Å². The number of aryl methyl sites for hydroxylation is 2. The molecule has 162 valence electrons. The van der Waals surface area contributed by atoms with Gasteiger partial charge in [0.05, 0.1) is 6.61 Å². The molecule has 2 atom stereocenters. The van der Waals surface area contributed by atoms with Gasteiger partial charge >= 0.3 is 6.09 Å². The van der Waals surface area contributed by atoms with Gasteiger partial charge in [0.1, 0.15) is 11.4 Å². The molecule has 3 rings (SSSR count). The molecule has 0 bridgehead atoms. The van der Waals surface area contributed by atoms with E-state index in [4.69, 9.17) is 9.47 Å². The van der Waals surface area contributed by atoms with E-state index in [-0.39, 0.29) is 6.09 Å². The highest BCUT2D eigenvalue weighted by molar-refractivity contribution is 5.68. The molecule has 0 aromatic carbocycles. The van der Waals surface area contributed by atoms with Crippen molar-refractivity contribution in [2.45, 2.75) is 78.7 Å². The Morgan fingerprint density at radius 1 is 1.24 bits per heavy atom. The van der Waals surface area contributed by atoms with E-state index in [2.05, 4.69) is 16.9 Å². The summed E-state index contributed by atoms with van der Waals surface area (Å²) in [4.78, 5) is 23.0. The molecule has 1 aromatic rings. The van der Waals surface area contributed by atoms with E-state index in [1.165, 1.54) is 6.42 Å². The third-order valence-electron chi connectivity index (χ3n) is 5.89. The molecule has 6 heteroatoms. The minimum Gasteiger partial charge on any atom is -0.478 e. The summed E-state index contributed by atoms with van der Waals surface area (Å²) in [6.45, 7) is 12.2. The highest BCUT2D eigenvalue weighted by atomic mass is 16.6. The standard InChI is InChI=1S/C23H37N3O3/c1-6-7-19-15-21(25-16(2)24-19)28-13-10-18-14-20(18)17-8-11-26(12-9-17)22(27)29-23(3,4)5/h15,17-18,20H,6-14H2,1-5H3/t18?,20-/m1/s1. The van der Waals surface area contributed by atoms with Gasteiger partial charge in [0.25, 0.3) is 0 Å². The lowest BCUT2D eigenvalue weighted by Gasteiger charge is -2.33. The first kappa shape index (κ1) is 21.8. The van der Waals surface area contributed by atoms with Crippen LogP contribution in [-0.2, 0) is 11.2 Å². The van der Waals surface area contributed by atoms with Crippen LogP contribution in [0.3, 0.4) is 0 Å². The molecule has 1 unspecified atom stereocenters. The van der Waals surface area contributed by atoms with Crippen LogP contribution in [0, 0.1) is 24.7 Å². The normalized spacial score (nSPS) is 22.4. The van der Waals surface area contributed by atoms with Crippen molar-refractivity contribution in [3.63, 3.8) is 0 Å². The summed E-state index contributed by atoms with van der Waals surface area (Å²) in [7, 11) is 0. The fourth-order valence-electron chi connectivity index (χ4n) is 4.39. The van der Waals surface area contributed by atoms with Gasteiger partial charge in [-0.2, -0.15) is 4.98 Å². The molecule has 1 saturated carbocycles. The third-order valence-corrected chi connectivity index (χ3v) is 5.89. The van der Waals surface area contributed by atoms with Crippen molar-refractivity contribution in [2.75, 3.05) is 19.7 Å². The van der Waals surface area contributed by atoms with E-state index >= 15 is 0 Å². The molecule has 1 aliphatic heterocycles. The summed E-state index contributed by atoms with van der Waals surface area (Å²) in [6.07, 6.45) is 6.44. The van der Waals surface area contributed by atoms with Crippen molar-refractivity contribution >= 4 is 6.09 Å². The van der Waals surface area contributed by atoms with Gasteiger partial charge in [-0.25, -0.2) is 9.78 Å². The molecule has 0 radical (unpaired) electrons. The average Bonchev–Trinajstić information content (AvgIpc) is 3.40. The zero-order chi connectivity index (χ0) is 21.0.